The molecule has 1 rings (SSSR count). The Balaban J connectivity index is 2.40. The van der Waals surface area contributed by atoms with Crippen molar-refractivity contribution < 1.29 is 13.5 Å². The van der Waals surface area contributed by atoms with Gasteiger partial charge in [-0.1, -0.05) is 0 Å². The Morgan fingerprint density at radius 2 is 1.88 bits per heavy atom. The van der Waals surface area contributed by atoms with Gasteiger partial charge in [-0.25, -0.2) is 12.7 Å². The molecular formula is C11H24N2O3S. The first-order valence-electron chi connectivity index (χ1n) is 6.19. The Morgan fingerprint density at radius 3 is 2.35 bits per heavy atom. The van der Waals surface area contributed by atoms with Crippen LogP contribution in [0.5, 0.6) is 0 Å². The summed E-state index contributed by atoms with van der Waals surface area (Å²) in [4.78, 5) is 2.15. The smallest absolute Gasteiger partial charge is 0.214 e. The minimum Gasteiger partial charge on any atom is -0.396 e. The number of aliphatic hydroxyl groups is 1. The van der Waals surface area contributed by atoms with Crippen LogP contribution in [0.1, 0.15) is 19.3 Å². The fraction of sp³-hybridized carbons (Fsp3) is 1.00. The minimum absolute atomic E-state index is 0.0592. The lowest BCUT2D eigenvalue weighted by Crippen LogP contribution is -2.41. The predicted molar refractivity (Wildman–Crippen MR) is 68.3 cm³/mol. The summed E-state index contributed by atoms with van der Waals surface area (Å²) in [6.07, 6.45) is 2.22. The monoisotopic (exact) mass is 264 g/mol. The lowest BCUT2D eigenvalue weighted by molar-refractivity contribution is 0.224. The molecule has 0 aromatic heterocycles. The Labute approximate surface area is 104 Å². The first kappa shape index (κ1) is 14.9. The zero-order valence-electron chi connectivity index (χ0n) is 10.8. The molecule has 1 saturated heterocycles. The maximum atomic E-state index is 11.9. The molecule has 1 aliphatic heterocycles. The number of nitrogens with zero attached hydrogens (tertiary/aromatic N) is 2. The standard InChI is InChI=1S/C11H24N2O3S/c1-12(2)10-11-4-6-13(7-5-11)17(15,16)9-3-8-14/h11,14H,3-10H2,1-2H3. The van der Waals surface area contributed by atoms with Crippen LogP contribution in [-0.4, -0.2) is 68.8 Å². The van der Waals surface area contributed by atoms with E-state index < -0.39 is 10.0 Å². The average molecular weight is 264 g/mol. The molecule has 0 atom stereocenters. The van der Waals surface area contributed by atoms with Crippen molar-refractivity contribution in [3.05, 3.63) is 0 Å². The van der Waals surface area contributed by atoms with Crippen LogP contribution in [0, 0.1) is 5.92 Å². The van der Waals surface area contributed by atoms with Crippen LogP contribution in [0.15, 0.2) is 0 Å². The molecule has 0 bridgehead atoms. The predicted octanol–water partition coefficient (Wildman–Crippen LogP) is -0.0278. The topological polar surface area (TPSA) is 60.9 Å². The van der Waals surface area contributed by atoms with Crippen molar-refractivity contribution in [2.45, 2.75) is 19.3 Å². The van der Waals surface area contributed by atoms with Crippen LogP contribution < -0.4 is 0 Å². The van der Waals surface area contributed by atoms with Crippen LogP contribution in [-0.2, 0) is 10.0 Å². The van der Waals surface area contributed by atoms with Gasteiger partial charge in [0.05, 0.1) is 5.75 Å². The first-order chi connectivity index (χ1) is 7.95. The van der Waals surface area contributed by atoms with Gasteiger partial charge in [-0.3, -0.25) is 0 Å². The summed E-state index contributed by atoms with van der Waals surface area (Å²) in [5.74, 6) is 0.677. The molecule has 0 radical (unpaired) electrons. The number of sulfonamides is 1. The molecule has 0 aromatic rings. The van der Waals surface area contributed by atoms with Gasteiger partial charge < -0.3 is 10.0 Å². The van der Waals surface area contributed by atoms with Gasteiger partial charge in [-0.05, 0) is 39.3 Å². The summed E-state index contributed by atoms with van der Waals surface area (Å²) in [7, 11) is 0.954. The summed E-state index contributed by atoms with van der Waals surface area (Å²) in [6.45, 7) is 2.24. The Hall–Kier alpha value is -0.170. The molecule has 1 aliphatic rings. The van der Waals surface area contributed by atoms with Crippen molar-refractivity contribution in [2.75, 3.05) is 46.1 Å². The minimum atomic E-state index is -3.14. The van der Waals surface area contributed by atoms with E-state index >= 15 is 0 Å². The fourth-order valence-corrected chi connectivity index (χ4v) is 3.78. The summed E-state index contributed by atoms with van der Waals surface area (Å²) < 4.78 is 25.3. The molecule has 0 aliphatic carbocycles. The molecule has 0 amide bonds. The summed E-state index contributed by atoms with van der Waals surface area (Å²) in [6, 6.07) is 0. The van der Waals surface area contributed by atoms with Crippen LogP contribution in [0.4, 0.5) is 0 Å². The molecule has 0 saturated carbocycles. The van der Waals surface area contributed by atoms with E-state index in [0.29, 0.717) is 25.4 Å². The highest BCUT2D eigenvalue weighted by molar-refractivity contribution is 7.89. The van der Waals surface area contributed by atoms with E-state index in [4.69, 9.17) is 5.11 Å². The van der Waals surface area contributed by atoms with Crippen molar-refractivity contribution in [3.63, 3.8) is 0 Å². The molecule has 1 fully saturated rings. The number of hydrogen-bond donors (Lipinski definition) is 1. The maximum absolute atomic E-state index is 11.9. The van der Waals surface area contributed by atoms with E-state index in [1.807, 2.05) is 14.1 Å². The van der Waals surface area contributed by atoms with Crippen LogP contribution >= 0.6 is 0 Å². The highest BCUT2D eigenvalue weighted by Crippen LogP contribution is 2.20. The van der Waals surface area contributed by atoms with Gasteiger partial charge in [-0.2, -0.15) is 0 Å². The third-order valence-corrected chi connectivity index (χ3v) is 5.11. The second-order valence-corrected chi connectivity index (χ2v) is 7.09. The third kappa shape index (κ3) is 4.91. The Bertz CT molecular complexity index is 309. The first-order valence-corrected chi connectivity index (χ1v) is 7.80. The lowest BCUT2D eigenvalue weighted by atomic mass is 9.98. The van der Waals surface area contributed by atoms with Gasteiger partial charge in [0.2, 0.25) is 10.0 Å². The molecule has 17 heavy (non-hydrogen) atoms. The number of hydrogen-bond acceptors (Lipinski definition) is 4. The normalized spacial score (nSPS) is 20.0. The highest BCUT2D eigenvalue weighted by Gasteiger charge is 2.27. The lowest BCUT2D eigenvalue weighted by Gasteiger charge is -2.32. The van der Waals surface area contributed by atoms with E-state index in [1.165, 1.54) is 0 Å². The molecule has 6 heteroatoms. The molecule has 5 nitrogen and oxygen atoms in total. The summed E-state index contributed by atoms with van der Waals surface area (Å²) >= 11 is 0. The molecule has 0 unspecified atom stereocenters. The van der Waals surface area contributed by atoms with Gasteiger partial charge in [0.15, 0.2) is 0 Å². The van der Waals surface area contributed by atoms with Crippen molar-refractivity contribution in [1.29, 1.82) is 0 Å². The number of rotatable bonds is 6. The maximum Gasteiger partial charge on any atom is 0.214 e. The van der Waals surface area contributed by atoms with Gasteiger partial charge >= 0.3 is 0 Å². The van der Waals surface area contributed by atoms with E-state index in [-0.39, 0.29) is 12.4 Å². The highest BCUT2D eigenvalue weighted by atomic mass is 32.2. The van der Waals surface area contributed by atoms with Crippen molar-refractivity contribution >= 4 is 10.0 Å². The summed E-state index contributed by atoms with van der Waals surface area (Å²) in [5.41, 5.74) is 0. The molecule has 0 aromatic carbocycles. The molecule has 1 heterocycles. The quantitative estimate of drug-likeness (QED) is 0.732. The van der Waals surface area contributed by atoms with E-state index in [0.717, 1.165) is 19.4 Å². The number of aliphatic hydroxyl groups excluding tert-OH is 1. The van der Waals surface area contributed by atoms with Crippen molar-refractivity contribution in [2.24, 2.45) is 5.92 Å². The van der Waals surface area contributed by atoms with E-state index in [9.17, 15) is 8.42 Å². The Morgan fingerprint density at radius 1 is 1.29 bits per heavy atom. The summed E-state index contributed by atoms with van der Waals surface area (Å²) in [5, 5.41) is 8.68. The zero-order chi connectivity index (χ0) is 12.9. The second-order valence-electron chi connectivity index (χ2n) is 5.00. The second kappa shape index (κ2) is 6.68. The van der Waals surface area contributed by atoms with Crippen molar-refractivity contribution in [1.82, 2.24) is 9.21 Å². The SMILES string of the molecule is CN(C)CC1CCN(S(=O)(=O)CCCO)CC1. The fourth-order valence-electron chi connectivity index (χ4n) is 2.26. The third-order valence-electron chi connectivity index (χ3n) is 3.15. The Kier molecular flexibility index (Phi) is 5.85. The van der Waals surface area contributed by atoms with Crippen LogP contribution in [0.25, 0.3) is 0 Å². The molecule has 0 spiro atoms. The van der Waals surface area contributed by atoms with Gasteiger partial charge in [0.1, 0.15) is 0 Å². The molecule has 102 valence electrons. The largest absolute Gasteiger partial charge is 0.396 e. The van der Waals surface area contributed by atoms with Crippen LogP contribution in [0.3, 0.4) is 0 Å². The molecular weight excluding hydrogens is 240 g/mol. The van der Waals surface area contributed by atoms with Gasteiger partial charge in [0, 0.05) is 26.2 Å². The van der Waals surface area contributed by atoms with Gasteiger partial charge in [0.25, 0.3) is 0 Å². The zero-order valence-corrected chi connectivity index (χ0v) is 11.6. The van der Waals surface area contributed by atoms with Crippen molar-refractivity contribution in [3.8, 4) is 0 Å². The molecule has 1 N–H and O–H groups in total. The average Bonchev–Trinajstić information content (AvgIpc) is 2.26. The van der Waals surface area contributed by atoms with E-state index in [2.05, 4.69) is 4.90 Å². The van der Waals surface area contributed by atoms with Crippen LogP contribution in [0.2, 0.25) is 0 Å². The van der Waals surface area contributed by atoms with E-state index in [1.54, 1.807) is 4.31 Å². The van der Waals surface area contributed by atoms with Gasteiger partial charge in [-0.15, -0.1) is 0 Å². The number of piperidine rings is 1.